The number of carboxylic acids is 1. The fourth-order valence-electron chi connectivity index (χ4n) is 2.94. The molecule has 0 bridgehead atoms. The molecule has 3 unspecified atom stereocenters. The van der Waals surface area contributed by atoms with Gasteiger partial charge in [0.25, 0.3) is 0 Å². The summed E-state index contributed by atoms with van der Waals surface area (Å²) in [5, 5.41) is 12.7. The van der Waals surface area contributed by atoms with E-state index in [0.29, 0.717) is 5.75 Å². The first-order chi connectivity index (χ1) is 9.65. The molecule has 0 radical (unpaired) electrons. The standard InChI is InChI=1S/C14H24N2O3S/c1-2-6-12-16(11(9-20-12)14(18)19)13(17)10-7-4-3-5-8-15-10/h10-12,15H,2-9H2,1H3,(H,18,19). The van der Waals surface area contributed by atoms with Crippen LogP contribution in [0.5, 0.6) is 0 Å². The number of carbonyl (C=O) groups excluding carboxylic acids is 1. The lowest BCUT2D eigenvalue weighted by Gasteiger charge is -2.31. The van der Waals surface area contributed by atoms with Crippen LogP contribution in [0.1, 0.15) is 45.4 Å². The first-order valence-electron chi connectivity index (χ1n) is 7.55. The quantitative estimate of drug-likeness (QED) is 0.826. The Hall–Kier alpha value is -0.750. The summed E-state index contributed by atoms with van der Waals surface area (Å²) in [6.45, 7) is 2.93. The van der Waals surface area contributed by atoms with Crippen LogP contribution in [-0.2, 0) is 9.59 Å². The van der Waals surface area contributed by atoms with Gasteiger partial charge in [0.1, 0.15) is 6.04 Å². The molecule has 1 amide bonds. The number of amides is 1. The molecule has 2 N–H and O–H groups in total. The molecule has 6 heteroatoms. The van der Waals surface area contributed by atoms with Crippen LogP contribution in [0.2, 0.25) is 0 Å². The molecule has 0 aromatic rings. The highest BCUT2D eigenvalue weighted by Crippen LogP contribution is 2.33. The topological polar surface area (TPSA) is 69.6 Å². The maximum absolute atomic E-state index is 12.7. The predicted octanol–water partition coefficient (Wildman–Crippen LogP) is 1.67. The van der Waals surface area contributed by atoms with Crippen molar-refractivity contribution < 1.29 is 14.7 Å². The molecule has 2 rings (SSSR count). The van der Waals surface area contributed by atoms with E-state index >= 15 is 0 Å². The van der Waals surface area contributed by atoms with Crippen LogP contribution in [-0.4, -0.2) is 51.6 Å². The molecule has 2 aliphatic heterocycles. The molecule has 2 aliphatic rings. The summed E-state index contributed by atoms with van der Waals surface area (Å²) in [5.74, 6) is -0.376. The molecule has 114 valence electrons. The van der Waals surface area contributed by atoms with Gasteiger partial charge < -0.3 is 15.3 Å². The van der Waals surface area contributed by atoms with Gasteiger partial charge in [-0.15, -0.1) is 11.8 Å². The minimum absolute atomic E-state index is 0.0113. The molecule has 3 atom stereocenters. The SMILES string of the molecule is CCCC1SCC(C(=O)O)N1C(=O)C1CCCCCN1. The first kappa shape index (κ1) is 15.6. The molecule has 0 saturated carbocycles. The Morgan fingerprint density at radius 3 is 2.85 bits per heavy atom. The lowest BCUT2D eigenvalue weighted by Crippen LogP contribution is -2.53. The summed E-state index contributed by atoms with van der Waals surface area (Å²) in [6.07, 6.45) is 5.94. The van der Waals surface area contributed by atoms with E-state index in [1.807, 2.05) is 0 Å². The Morgan fingerprint density at radius 1 is 1.35 bits per heavy atom. The molecule has 0 aliphatic carbocycles. The van der Waals surface area contributed by atoms with Crippen molar-refractivity contribution in [2.45, 2.75) is 62.9 Å². The summed E-state index contributed by atoms with van der Waals surface area (Å²) in [4.78, 5) is 25.8. The lowest BCUT2D eigenvalue weighted by atomic mass is 10.1. The van der Waals surface area contributed by atoms with Crippen molar-refractivity contribution in [2.75, 3.05) is 12.3 Å². The Balaban J connectivity index is 2.10. The molecular formula is C14H24N2O3S. The molecule has 2 fully saturated rings. The van der Waals surface area contributed by atoms with E-state index < -0.39 is 12.0 Å². The summed E-state index contributed by atoms with van der Waals surface area (Å²) in [5.41, 5.74) is 0. The number of carboxylic acid groups (broad SMARTS) is 1. The maximum atomic E-state index is 12.7. The van der Waals surface area contributed by atoms with Crippen LogP contribution in [0.15, 0.2) is 0 Å². The third-order valence-electron chi connectivity index (χ3n) is 4.03. The fourth-order valence-corrected chi connectivity index (χ4v) is 4.46. The van der Waals surface area contributed by atoms with Crippen molar-refractivity contribution in [2.24, 2.45) is 0 Å². The lowest BCUT2D eigenvalue weighted by molar-refractivity contribution is -0.150. The fraction of sp³-hybridized carbons (Fsp3) is 0.857. The summed E-state index contributed by atoms with van der Waals surface area (Å²) < 4.78 is 0. The van der Waals surface area contributed by atoms with Crippen LogP contribution in [0.25, 0.3) is 0 Å². The van der Waals surface area contributed by atoms with Crippen LogP contribution in [0, 0.1) is 0 Å². The first-order valence-corrected chi connectivity index (χ1v) is 8.60. The van der Waals surface area contributed by atoms with E-state index in [-0.39, 0.29) is 17.3 Å². The molecule has 20 heavy (non-hydrogen) atoms. The maximum Gasteiger partial charge on any atom is 0.327 e. The van der Waals surface area contributed by atoms with Gasteiger partial charge >= 0.3 is 5.97 Å². The van der Waals surface area contributed by atoms with Gasteiger partial charge in [0.2, 0.25) is 5.91 Å². The monoisotopic (exact) mass is 300 g/mol. The summed E-state index contributed by atoms with van der Waals surface area (Å²) in [6, 6.07) is -0.855. The van der Waals surface area contributed by atoms with Crippen molar-refractivity contribution in [3.8, 4) is 0 Å². The molecule has 5 nitrogen and oxygen atoms in total. The van der Waals surface area contributed by atoms with Crippen molar-refractivity contribution in [1.29, 1.82) is 0 Å². The third-order valence-corrected chi connectivity index (χ3v) is 5.38. The minimum atomic E-state index is -0.877. The average molecular weight is 300 g/mol. The molecule has 2 heterocycles. The van der Waals surface area contributed by atoms with Crippen LogP contribution in [0.3, 0.4) is 0 Å². The van der Waals surface area contributed by atoms with Crippen LogP contribution in [0.4, 0.5) is 0 Å². The molecule has 0 spiro atoms. The van der Waals surface area contributed by atoms with E-state index in [0.717, 1.165) is 45.1 Å². The highest BCUT2D eigenvalue weighted by atomic mass is 32.2. The molecular weight excluding hydrogens is 276 g/mol. The van der Waals surface area contributed by atoms with Gasteiger partial charge in [-0.2, -0.15) is 0 Å². The van der Waals surface area contributed by atoms with Crippen molar-refractivity contribution >= 4 is 23.6 Å². The molecule has 2 saturated heterocycles. The highest BCUT2D eigenvalue weighted by molar-refractivity contribution is 8.00. The Labute approximate surface area is 124 Å². The summed E-state index contributed by atoms with van der Waals surface area (Å²) in [7, 11) is 0. The van der Waals surface area contributed by atoms with Gasteiger partial charge in [-0.3, -0.25) is 4.79 Å². The van der Waals surface area contributed by atoms with Crippen molar-refractivity contribution in [1.82, 2.24) is 10.2 Å². The second-order valence-electron chi connectivity index (χ2n) is 5.53. The van der Waals surface area contributed by atoms with E-state index in [1.54, 1.807) is 16.7 Å². The number of nitrogens with one attached hydrogen (secondary N) is 1. The minimum Gasteiger partial charge on any atom is -0.480 e. The Morgan fingerprint density at radius 2 is 2.15 bits per heavy atom. The smallest absolute Gasteiger partial charge is 0.327 e. The van der Waals surface area contributed by atoms with E-state index in [2.05, 4.69) is 12.2 Å². The number of nitrogens with zero attached hydrogens (tertiary/aromatic N) is 1. The Bertz CT molecular complexity index is 356. The number of carbonyl (C=O) groups is 2. The third kappa shape index (κ3) is 3.47. The van der Waals surface area contributed by atoms with E-state index in [1.165, 1.54) is 0 Å². The zero-order valence-electron chi connectivity index (χ0n) is 12.0. The van der Waals surface area contributed by atoms with Gasteiger partial charge in [0.05, 0.1) is 11.4 Å². The number of aliphatic carboxylic acids is 1. The largest absolute Gasteiger partial charge is 0.480 e. The number of hydrogen-bond donors (Lipinski definition) is 2. The van der Waals surface area contributed by atoms with Crippen molar-refractivity contribution in [3.63, 3.8) is 0 Å². The molecule has 0 aromatic heterocycles. The van der Waals surface area contributed by atoms with Gasteiger partial charge in [-0.25, -0.2) is 4.79 Å². The van der Waals surface area contributed by atoms with Crippen molar-refractivity contribution in [3.05, 3.63) is 0 Å². The average Bonchev–Trinajstić information content (AvgIpc) is 2.66. The number of hydrogen-bond acceptors (Lipinski definition) is 4. The zero-order valence-corrected chi connectivity index (χ0v) is 12.8. The van der Waals surface area contributed by atoms with E-state index in [9.17, 15) is 14.7 Å². The van der Waals surface area contributed by atoms with Gasteiger partial charge in [0.15, 0.2) is 0 Å². The highest BCUT2D eigenvalue weighted by Gasteiger charge is 2.43. The normalized spacial score (nSPS) is 31.1. The zero-order chi connectivity index (χ0) is 14.5. The van der Waals surface area contributed by atoms with Gasteiger partial charge in [-0.1, -0.05) is 26.2 Å². The van der Waals surface area contributed by atoms with Crippen LogP contribution < -0.4 is 5.32 Å². The Kier molecular flexibility index (Phi) is 5.72. The van der Waals surface area contributed by atoms with E-state index in [4.69, 9.17) is 0 Å². The van der Waals surface area contributed by atoms with Gasteiger partial charge in [0, 0.05) is 5.75 Å². The predicted molar refractivity (Wildman–Crippen MR) is 79.7 cm³/mol. The number of rotatable bonds is 4. The second kappa shape index (κ2) is 7.31. The van der Waals surface area contributed by atoms with Crippen LogP contribution >= 0.6 is 11.8 Å². The molecule has 0 aromatic carbocycles. The summed E-state index contributed by atoms with van der Waals surface area (Å²) >= 11 is 1.61. The second-order valence-corrected chi connectivity index (χ2v) is 6.74. The van der Waals surface area contributed by atoms with Gasteiger partial charge in [-0.05, 0) is 25.8 Å². The number of thioether (sulfide) groups is 1.